The minimum Gasteiger partial charge on any atom is -0.351 e. The Morgan fingerprint density at radius 2 is 1.67 bits per heavy atom. The highest BCUT2D eigenvalue weighted by Crippen LogP contribution is 2.16. The van der Waals surface area contributed by atoms with Gasteiger partial charge in [-0.3, -0.25) is 14.4 Å². The number of benzene rings is 2. The Morgan fingerprint density at radius 1 is 1.00 bits per heavy atom. The third kappa shape index (κ3) is 5.53. The van der Waals surface area contributed by atoms with Crippen molar-refractivity contribution in [3.63, 3.8) is 0 Å². The zero-order chi connectivity index (χ0) is 19.1. The summed E-state index contributed by atoms with van der Waals surface area (Å²) >= 11 is 0. The van der Waals surface area contributed by atoms with Gasteiger partial charge in [0.25, 0.3) is 15.9 Å². The molecule has 0 radical (unpaired) electrons. The molecule has 0 bridgehead atoms. The maximum atomic E-state index is 12.3. The highest BCUT2D eigenvalue weighted by molar-refractivity contribution is 7.92. The van der Waals surface area contributed by atoms with Crippen LogP contribution in [-0.4, -0.2) is 58.5 Å². The van der Waals surface area contributed by atoms with Gasteiger partial charge >= 0.3 is 0 Å². The van der Waals surface area contributed by atoms with Gasteiger partial charge < -0.3 is 10.6 Å². The van der Waals surface area contributed by atoms with Crippen LogP contribution in [0, 0.1) is 0 Å². The van der Waals surface area contributed by atoms with Crippen molar-refractivity contribution >= 4 is 21.6 Å². The number of amides is 1. The molecule has 1 saturated heterocycles. The molecule has 144 valence electrons. The number of anilines is 1. The zero-order valence-electron chi connectivity index (χ0n) is 15.0. The first-order valence-electron chi connectivity index (χ1n) is 8.94. The fourth-order valence-corrected chi connectivity index (χ4v) is 3.95. The first-order chi connectivity index (χ1) is 13.0. The SMILES string of the molecule is O=C(NCCN1CCNCC1)c1ccc(NS(=O)(=O)c2ccccc2)cc1. The number of hydrogen-bond donors (Lipinski definition) is 3. The van der Waals surface area contributed by atoms with Gasteiger partial charge in [-0.05, 0) is 36.4 Å². The Hall–Kier alpha value is -2.42. The van der Waals surface area contributed by atoms with E-state index in [0.717, 1.165) is 32.7 Å². The van der Waals surface area contributed by atoms with Crippen LogP contribution in [0.1, 0.15) is 10.4 Å². The summed E-state index contributed by atoms with van der Waals surface area (Å²) in [5.41, 5.74) is 0.911. The number of sulfonamides is 1. The molecule has 0 spiro atoms. The smallest absolute Gasteiger partial charge is 0.261 e. The van der Waals surface area contributed by atoms with Crippen LogP contribution in [0.4, 0.5) is 5.69 Å². The molecule has 0 saturated carbocycles. The Bertz CT molecular complexity index is 848. The molecular weight excluding hydrogens is 364 g/mol. The lowest BCUT2D eigenvalue weighted by Crippen LogP contribution is -2.46. The summed E-state index contributed by atoms with van der Waals surface area (Å²) in [4.78, 5) is 14.7. The van der Waals surface area contributed by atoms with Gasteiger partial charge in [-0.25, -0.2) is 8.42 Å². The van der Waals surface area contributed by atoms with Gasteiger partial charge in [-0.15, -0.1) is 0 Å². The van der Waals surface area contributed by atoms with Crippen molar-refractivity contribution in [3.8, 4) is 0 Å². The monoisotopic (exact) mass is 388 g/mol. The summed E-state index contributed by atoms with van der Waals surface area (Å²) in [7, 11) is -3.63. The van der Waals surface area contributed by atoms with E-state index in [2.05, 4.69) is 20.3 Å². The third-order valence-corrected chi connectivity index (χ3v) is 5.77. The minimum absolute atomic E-state index is 0.164. The van der Waals surface area contributed by atoms with E-state index in [9.17, 15) is 13.2 Å². The van der Waals surface area contributed by atoms with Crippen molar-refractivity contribution in [1.29, 1.82) is 0 Å². The first kappa shape index (κ1) is 19.3. The van der Waals surface area contributed by atoms with Gasteiger partial charge in [0.2, 0.25) is 0 Å². The predicted octanol–water partition coefficient (Wildman–Crippen LogP) is 1.12. The Labute approximate surface area is 159 Å². The van der Waals surface area contributed by atoms with Gasteiger partial charge in [0, 0.05) is 50.5 Å². The van der Waals surface area contributed by atoms with Crippen LogP contribution < -0.4 is 15.4 Å². The van der Waals surface area contributed by atoms with E-state index < -0.39 is 10.0 Å². The molecule has 1 fully saturated rings. The number of carbonyl (C=O) groups is 1. The third-order valence-electron chi connectivity index (χ3n) is 4.38. The topological polar surface area (TPSA) is 90.5 Å². The van der Waals surface area contributed by atoms with E-state index >= 15 is 0 Å². The number of nitrogens with one attached hydrogen (secondary N) is 3. The average Bonchev–Trinajstić information content (AvgIpc) is 2.70. The van der Waals surface area contributed by atoms with E-state index in [1.165, 1.54) is 12.1 Å². The molecule has 27 heavy (non-hydrogen) atoms. The van der Waals surface area contributed by atoms with Crippen molar-refractivity contribution in [2.75, 3.05) is 44.0 Å². The maximum absolute atomic E-state index is 12.3. The Kier molecular flexibility index (Phi) is 6.44. The number of piperazine rings is 1. The second-order valence-corrected chi connectivity index (χ2v) is 8.03. The van der Waals surface area contributed by atoms with Crippen molar-refractivity contribution in [1.82, 2.24) is 15.5 Å². The average molecular weight is 388 g/mol. The highest BCUT2D eigenvalue weighted by Gasteiger charge is 2.14. The van der Waals surface area contributed by atoms with Crippen LogP contribution in [-0.2, 0) is 10.0 Å². The van der Waals surface area contributed by atoms with Crippen molar-refractivity contribution < 1.29 is 13.2 Å². The molecule has 1 aliphatic heterocycles. The highest BCUT2D eigenvalue weighted by atomic mass is 32.2. The van der Waals surface area contributed by atoms with Crippen LogP contribution in [0.25, 0.3) is 0 Å². The molecule has 2 aromatic carbocycles. The van der Waals surface area contributed by atoms with Crippen LogP contribution in [0.2, 0.25) is 0 Å². The second-order valence-electron chi connectivity index (χ2n) is 6.34. The van der Waals surface area contributed by atoms with Gasteiger partial charge in [-0.1, -0.05) is 18.2 Å². The van der Waals surface area contributed by atoms with Crippen LogP contribution in [0.5, 0.6) is 0 Å². The lowest BCUT2D eigenvalue weighted by Gasteiger charge is -2.27. The van der Waals surface area contributed by atoms with Crippen LogP contribution in [0.15, 0.2) is 59.5 Å². The molecule has 1 aliphatic rings. The Morgan fingerprint density at radius 3 is 2.33 bits per heavy atom. The molecule has 2 aromatic rings. The summed E-state index contributed by atoms with van der Waals surface area (Å²) in [5.74, 6) is -0.164. The largest absolute Gasteiger partial charge is 0.351 e. The van der Waals surface area contributed by atoms with Gasteiger partial charge in [0.1, 0.15) is 0 Å². The standard InChI is InChI=1S/C19H24N4O3S/c24-19(21-12-15-23-13-10-20-11-14-23)16-6-8-17(9-7-16)22-27(25,26)18-4-2-1-3-5-18/h1-9,20,22H,10-15H2,(H,21,24). The molecule has 1 amide bonds. The van der Waals surface area contributed by atoms with Gasteiger partial charge in [0.15, 0.2) is 0 Å². The van der Waals surface area contributed by atoms with Crippen molar-refractivity contribution in [3.05, 3.63) is 60.2 Å². The van der Waals surface area contributed by atoms with Gasteiger partial charge in [-0.2, -0.15) is 0 Å². The number of carbonyl (C=O) groups excluding carboxylic acids is 1. The minimum atomic E-state index is -3.63. The molecule has 0 aliphatic carbocycles. The molecular formula is C19H24N4O3S. The van der Waals surface area contributed by atoms with Gasteiger partial charge in [0.05, 0.1) is 4.90 Å². The molecule has 0 unspecified atom stereocenters. The van der Waals surface area contributed by atoms with E-state index in [4.69, 9.17) is 0 Å². The summed E-state index contributed by atoms with van der Waals surface area (Å²) in [6, 6.07) is 14.6. The predicted molar refractivity (Wildman–Crippen MR) is 105 cm³/mol. The molecule has 8 heteroatoms. The molecule has 3 rings (SSSR count). The summed E-state index contributed by atoms with van der Waals surface area (Å²) in [6.45, 7) is 5.35. The van der Waals surface area contributed by atoms with Crippen molar-refractivity contribution in [2.45, 2.75) is 4.90 Å². The summed E-state index contributed by atoms with van der Waals surface area (Å²) < 4.78 is 27.1. The fraction of sp³-hybridized carbons (Fsp3) is 0.316. The molecule has 3 N–H and O–H groups in total. The first-order valence-corrected chi connectivity index (χ1v) is 10.4. The fourth-order valence-electron chi connectivity index (χ4n) is 2.87. The molecule has 1 heterocycles. The lowest BCUT2D eigenvalue weighted by molar-refractivity contribution is 0.0947. The normalized spacial score (nSPS) is 15.3. The zero-order valence-corrected chi connectivity index (χ0v) is 15.8. The summed E-state index contributed by atoms with van der Waals surface area (Å²) in [6.07, 6.45) is 0. The molecule has 7 nitrogen and oxygen atoms in total. The van der Waals surface area contributed by atoms with Crippen molar-refractivity contribution in [2.24, 2.45) is 0 Å². The number of nitrogens with zero attached hydrogens (tertiary/aromatic N) is 1. The lowest BCUT2D eigenvalue weighted by atomic mass is 10.2. The van der Waals surface area contributed by atoms with Crippen LogP contribution in [0.3, 0.4) is 0 Å². The van der Waals surface area contributed by atoms with E-state index in [1.54, 1.807) is 42.5 Å². The van der Waals surface area contributed by atoms with E-state index in [-0.39, 0.29) is 10.8 Å². The number of hydrogen-bond acceptors (Lipinski definition) is 5. The van der Waals surface area contributed by atoms with E-state index in [0.29, 0.717) is 17.8 Å². The van der Waals surface area contributed by atoms with Crippen LogP contribution >= 0.6 is 0 Å². The Balaban J connectivity index is 1.52. The molecule has 0 atom stereocenters. The maximum Gasteiger partial charge on any atom is 0.261 e. The van der Waals surface area contributed by atoms with E-state index in [1.807, 2.05) is 0 Å². The number of rotatable bonds is 7. The molecule has 0 aromatic heterocycles. The second kappa shape index (κ2) is 8.98. The quantitative estimate of drug-likeness (QED) is 0.661. The summed E-state index contributed by atoms with van der Waals surface area (Å²) in [5, 5.41) is 6.19.